The molecule has 0 bridgehead atoms. The molecule has 2 heterocycles. The number of hydrogen-bond acceptors (Lipinski definition) is 3. The van der Waals surface area contributed by atoms with Crippen LogP contribution in [0.25, 0.3) is 0 Å². The van der Waals surface area contributed by atoms with Crippen LogP contribution in [0.1, 0.15) is 31.2 Å². The van der Waals surface area contributed by atoms with Crippen LogP contribution in [0.2, 0.25) is 0 Å². The molecule has 3 rings (SSSR count). The molecule has 28 heavy (non-hydrogen) atoms. The van der Waals surface area contributed by atoms with Crippen molar-refractivity contribution < 1.29 is 0 Å². The van der Waals surface area contributed by atoms with Crippen LogP contribution in [0.3, 0.4) is 0 Å². The van der Waals surface area contributed by atoms with Gasteiger partial charge in [-0.1, -0.05) is 30.3 Å². The average Bonchev–Trinajstić information content (AvgIpc) is 3.13. The fraction of sp³-hybridized carbons (Fsp3) is 0.545. The van der Waals surface area contributed by atoms with Crippen molar-refractivity contribution in [2.24, 2.45) is 4.99 Å². The largest absolute Gasteiger partial charge is 0.357 e. The van der Waals surface area contributed by atoms with E-state index in [2.05, 4.69) is 75.0 Å². The molecule has 6 nitrogen and oxygen atoms in total. The van der Waals surface area contributed by atoms with Gasteiger partial charge in [-0.3, -0.25) is 9.89 Å². The average molecular weight is 383 g/mol. The molecule has 1 aliphatic rings. The second-order valence-corrected chi connectivity index (χ2v) is 7.36. The van der Waals surface area contributed by atoms with Crippen molar-refractivity contribution in [3.05, 3.63) is 54.1 Å². The van der Waals surface area contributed by atoms with E-state index in [1.807, 2.05) is 6.20 Å². The van der Waals surface area contributed by atoms with E-state index < -0.39 is 0 Å². The van der Waals surface area contributed by atoms with E-state index in [0.29, 0.717) is 0 Å². The van der Waals surface area contributed by atoms with E-state index in [0.717, 1.165) is 77.0 Å². The third kappa shape index (κ3) is 6.09. The zero-order valence-corrected chi connectivity index (χ0v) is 17.3. The van der Waals surface area contributed by atoms with Crippen molar-refractivity contribution in [2.75, 3.05) is 39.3 Å². The van der Waals surface area contributed by atoms with Gasteiger partial charge in [0.15, 0.2) is 5.96 Å². The predicted octanol–water partition coefficient (Wildman–Crippen LogP) is 2.76. The van der Waals surface area contributed by atoms with Gasteiger partial charge in [0.1, 0.15) is 5.82 Å². The molecule has 1 aromatic carbocycles. The molecule has 0 amide bonds. The summed E-state index contributed by atoms with van der Waals surface area (Å²) < 4.78 is 2.21. The van der Waals surface area contributed by atoms with Crippen molar-refractivity contribution in [3.8, 4) is 0 Å². The number of unbranched alkanes of at least 4 members (excludes halogenated alkanes) is 1. The molecule has 1 aliphatic heterocycles. The van der Waals surface area contributed by atoms with Crippen LogP contribution in [0.5, 0.6) is 0 Å². The van der Waals surface area contributed by atoms with Crippen molar-refractivity contribution in [1.29, 1.82) is 0 Å². The summed E-state index contributed by atoms with van der Waals surface area (Å²) in [6, 6.07) is 10.7. The first-order valence-corrected chi connectivity index (χ1v) is 10.5. The van der Waals surface area contributed by atoms with Gasteiger partial charge in [-0.2, -0.15) is 0 Å². The first kappa shape index (κ1) is 20.4. The Hall–Kier alpha value is -2.34. The van der Waals surface area contributed by atoms with Gasteiger partial charge in [0, 0.05) is 64.8 Å². The van der Waals surface area contributed by atoms with Gasteiger partial charge in [-0.25, -0.2) is 4.98 Å². The standard InChI is InChI=1S/C22H34N6/c1-3-23-22(25-11-7-8-13-27-14-12-24-20(27)2)28-17-15-26(16-18-28)19-21-9-5-4-6-10-21/h4-6,9-10,12,14H,3,7-8,11,13,15-19H2,1-2H3,(H,23,25). The normalized spacial score (nSPS) is 15.8. The minimum atomic E-state index is 0.875. The summed E-state index contributed by atoms with van der Waals surface area (Å²) in [4.78, 5) is 14.1. The van der Waals surface area contributed by atoms with Gasteiger partial charge in [-0.05, 0) is 32.3 Å². The lowest BCUT2D eigenvalue weighted by Gasteiger charge is -2.36. The quantitative estimate of drug-likeness (QED) is 0.433. The lowest BCUT2D eigenvalue weighted by molar-refractivity contribution is 0.172. The lowest BCUT2D eigenvalue weighted by Crippen LogP contribution is -2.52. The number of piperazine rings is 1. The van der Waals surface area contributed by atoms with Crippen molar-refractivity contribution >= 4 is 5.96 Å². The number of aliphatic imine (C=N–C) groups is 1. The summed E-state index contributed by atoms with van der Waals surface area (Å²) in [5.74, 6) is 2.16. The van der Waals surface area contributed by atoms with E-state index in [4.69, 9.17) is 4.99 Å². The zero-order valence-electron chi connectivity index (χ0n) is 17.3. The summed E-state index contributed by atoms with van der Waals surface area (Å²) in [5, 5.41) is 3.47. The molecule has 0 unspecified atom stereocenters. The van der Waals surface area contributed by atoms with Gasteiger partial charge in [-0.15, -0.1) is 0 Å². The second kappa shape index (κ2) is 10.9. The predicted molar refractivity (Wildman–Crippen MR) is 115 cm³/mol. The highest BCUT2D eigenvalue weighted by Gasteiger charge is 2.19. The maximum absolute atomic E-state index is 4.88. The highest BCUT2D eigenvalue weighted by atomic mass is 15.3. The molecule has 1 saturated heterocycles. The maximum Gasteiger partial charge on any atom is 0.194 e. The van der Waals surface area contributed by atoms with Crippen LogP contribution >= 0.6 is 0 Å². The van der Waals surface area contributed by atoms with Crippen molar-refractivity contribution in [3.63, 3.8) is 0 Å². The highest BCUT2D eigenvalue weighted by molar-refractivity contribution is 5.80. The number of benzene rings is 1. The molecule has 0 atom stereocenters. The number of hydrogen-bond donors (Lipinski definition) is 1. The third-order valence-electron chi connectivity index (χ3n) is 5.25. The second-order valence-electron chi connectivity index (χ2n) is 7.36. The maximum atomic E-state index is 4.88. The monoisotopic (exact) mass is 382 g/mol. The van der Waals surface area contributed by atoms with E-state index >= 15 is 0 Å². The zero-order chi connectivity index (χ0) is 19.6. The van der Waals surface area contributed by atoms with Crippen molar-refractivity contribution in [1.82, 2.24) is 24.7 Å². The fourth-order valence-corrected chi connectivity index (χ4v) is 3.60. The Bertz CT molecular complexity index is 716. The minimum absolute atomic E-state index is 0.875. The number of nitrogens with zero attached hydrogens (tertiary/aromatic N) is 5. The SMILES string of the molecule is CCNC(=NCCCCn1ccnc1C)N1CCN(Cc2ccccc2)CC1. The molecule has 0 radical (unpaired) electrons. The molecule has 1 aromatic heterocycles. The Morgan fingerprint density at radius 2 is 1.89 bits per heavy atom. The number of imidazole rings is 1. The van der Waals surface area contributed by atoms with Crippen LogP contribution in [0.4, 0.5) is 0 Å². The molecule has 0 saturated carbocycles. The van der Waals surface area contributed by atoms with Gasteiger partial charge >= 0.3 is 0 Å². The number of aryl methyl sites for hydroxylation is 2. The molecular weight excluding hydrogens is 348 g/mol. The summed E-state index contributed by atoms with van der Waals surface area (Å²) in [7, 11) is 0. The van der Waals surface area contributed by atoms with Crippen LogP contribution in [-0.4, -0.2) is 64.6 Å². The molecule has 152 valence electrons. The number of nitrogens with one attached hydrogen (secondary N) is 1. The summed E-state index contributed by atoms with van der Waals surface area (Å²) in [5.41, 5.74) is 1.39. The summed E-state index contributed by atoms with van der Waals surface area (Å²) >= 11 is 0. The van der Waals surface area contributed by atoms with E-state index in [9.17, 15) is 0 Å². The molecule has 1 fully saturated rings. The van der Waals surface area contributed by atoms with Crippen LogP contribution in [0.15, 0.2) is 47.7 Å². The Kier molecular flexibility index (Phi) is 7.91. The van der Waals surface area contributed by atoms with E-state index in [1.54, 1.807) is 0 Å². The molecule has 0 spiro atoms. The number of rotatable bonds is 8. The van der Waals surface area contributed by atoms with Gasteiger partial charge < -0.3 is 14.8 Å². The Morgan fingerprint density at radius 1 is 1.11 bits per heavy atom. The third-order valence-corrected chi connectivity index (χ3v) is 5.25. The Morgan fingerprint density at radius 3 is 2.57 bits per heavy atom. The molecule has 6 heteroatoms. The molecular formula is C22H34N6. The number of guanidine groups is 1. The van der Waals surface area contributed by atoms with Gasteiger partial charge in [0.25, 0.3) is 0 Å². The van der Waals surface area contributed by atoms with Crippen LogP contribution < -0.4 is 5.32 Å². The van der Waals surface area contributed by atoms with Gasteiger partial charge in [0.2, 0.25) is 0 Å². The lowest BCUT2D eigenvalue weighted by atomic mass is 10.2. The number of aromatic nitrogens is 2. The fourth-order valence-electron chi connectivity index (χ4n) is 3.60. The summed E-state index contributed by atoms with van der Waals surface area (Å²) in [6.45, 7) is 12.3. The van der Waals surface area contributed by atoms with Crippen LogP contribution in [0, 0.1) is 6.92 Å². The Labute approximate surface area is 169 Å². The highest BCUT2D eigenvalue weighted by Crippen LogP contribution is 2.09. The summed E-state index contributed by atoms with van der Waals surface area (Å²) in [6.07, 6.45) is 6.15. The van der Waals surface area contributed by atoms with Crippen LogP contribution in [-0.2, 0) is 13.1 Å². The first-order chi connectivity index (χ1) is 13.8. The molecule has 1 N–H and O–H groups in total. The first-order valence-electron chi connectivity index (χ1n) is 10.5. The molecule has 0 aliphatic carbocycles. The minimum Gasteiger partial charge on any atom is -0.357 e. The van der Waals surface area contributed by atoms with E-state index in [-0.39, 0.29) is 0 Å². The molecule has 2 aromatic rings. The van der Waals surface area contributed by atoms with Gasteiger partial charge in [0.05, 0.1) is 0 Å². The smallest absolute Gasteiger partial charge is 0.194 e. The van der Waals surface area contributed by atoms with E-state index in [1.165, 1.54) is 5.56 Å². The topological polar surface area (TPSA) is 48.7 Å². The van der Waals surface area contributed by atoms with Crippen molar-refractivity contribution in [2.45, 2.75) is 39.8 Å². The Balaban J connectivity index is 1.42.